The molecule has 0 aliphatic carbocycles. The second-order valence-corrected chi connectivity index (χ2v) is 7.25. The smallest absolute Gasteiger partial charge is 0.293 e. The van der Waals surface area contributed by atoms with E-state index < -0.39 is 0 Å². The van der Waals surface area contributed by atoms with Crippen LogP contribution in [0.5, 0.6) is 17.2 Å². The van der Waals surface area contributed by atoms with Crippen LogP contribution in [0, 0.1) is 0 Å². The van der Waals surface area contributed by atoms with Gasteiger partial charge in [-0.2, -0.15) is 0 Å². The van der Waals surface area contributed by atoms with Gasteiger partial charge >= 0.3 is 0 Å². The van der Waals surface area contributed by atoms with E-state index in [1.54, 1.807) is 36.4 Å². The number of thioether (sulfide) groups is 1. The van der Waals surface area contributed by atoms with Gasteiger partial charge in [0.2, 0.25) is 5.75 Å². The van der Waals surface area contributed by atoms with Crippen molar-refractivity contribution in [1.82, 2.24) is 4.90 Å². The molecule has 1 fully saturated rings. The van der Waals surface area contributed by atoms with Crippen LogP contribution < -0.4 is 14.2 Å². The van der Waals surface area contributed by atoms with Gasteiger partial charge in [-0.25, -0.2) is 0 Å². The topological polar surface area (TPSA) is 65.1 Å². The lowest BCUT2D eigenvalue weighted by Crippen LogP contribution is -2.27. The normalized spacial score (nSPS) is 15.3. The minimum atomic E-state index is -0.369. The molecule has 3 rings (SSSR count). The van der Waals surface area contributed by atoms with E-state index in [-0.39, 0.29) is 17.7 Å². The van der Waals surface area contributed by atoms with Gasteiger partial charge in [-0.05, 0) is 47.7 Å². The van der Waals surface area contributed by atoms with Gasteiger partial charge in [-0.3, -0.25) is 14.5 Å². The van der Waals surface area contributed by atoms with Crippen LogP contribution in [0.15, 0.2) is 41.3 Å². The standard InChI is InChI=1S/C20H18ClNO5S/c1-25-15-8-7-13(17(26-2)18(15)27-3)10-16-19(23)22(20(24)28-16)11-12-5-4-6-14(21)9-12/h4-10H,11H2,1-3H3/b16-10-. The van der Waals surface area contributed by atoms with Crippen LogP contribution >= 0.6 is 23.4 Å². The molecule has 2 aromatic carbocycles. The number of hydrogen-bond acceptors (Lipinski definition) is 6. The second-order valence-electron chi connectivity index (χ2n) is 5.82. The van der Waals surface area contributed by atoms with Crippen molar-refractivity contribution in [1.29, 1.82) is 0 Å². The van der Waals surface area contributed by atoms with Crippen LogP contribution in [-0.4, -0.2) is 37.4 Å². The number of hydrogen-bond donors (Lipinski definition) is 0. The minimum Gasteiger partial charge on any atom is -0.493 e. The maximum atomic E-state index is 12.8. The first kappa shape index (κ1) is 20.1. The summed E-state index contributed by atoms with van der Waals surface area (Å²) in [6, 6.07) is 10.5. The third-order valence-electron chi connectivity index (χ3n) is 4.12. The molecule has 1 saturated heterocycles. The number of halogens is 1. The monoisotopic (exact) mass is 419 g/mol. The lowest BCUT2D eigenvalue weighted by Gasteiger charge is -2.14. The molecular formula is C20H18ClNO5S. The number of benzene rings is 2. The molecule has 0 aromatic heterocycles. The van der Waals surface area contributed by atoms with E-state index in [0.29, 0.717) is 32.7 Å². The summed E-state index contributed by atoms with van der Waals surface area (Å²) < 4.78 is 16.1. The van der Waals surface area contributed by atoms with Gasteiger partial charge < -0.3 is 14.2 Å². The lowest BCUT2D eigenvalue weighted by molar-refractivity contribution is -0.123. The molecule has 28 heavy (non-hydrogen) atoms. The van der Waals surface area contributed by atoms with Crippen molar-refractivity contribution in [2.24, 2.45) is 0 Å². The number of carbonyl (C=O) groups excluding carboxylic acids is 2. The number of ether oxygens (including phenoxy) is 3. The fourth-order valence-electron chi connectivity index (χ4n) is 2.83. The molecule has 8 heteroatoms. The summed E-state index contributed by atoms with van der Waals surface area (Å²) >= 11 is 6.87. The Kier molecular flexibility index (Phi) is 6.16. The SMILES string of the molecule is COc1ccc(/C=C2\SC(=O)N(Cc3cccc(Cl)c3)C2=O)c(OC)c1OC. The predicted octanol–water partition coefficient (Wildman–Crippen LogP) is 4.60. The van der Waals surface area contributed by atoms with E-state index in [1.807, 2.05) is 6.07 Å². The number of methoxy groups -OCH3 is 3. The molecule has 1 aliphatic heterocycles. The summed E-state index contributed by atoms with van der Waals surface area (Å²) in [6.45, 7) is 0.158. The number of amides is 2. The van der Waals surface area contributed by atoms with Crippen LogP contribution in [0.3, 0.4) is 0 Å². The largest absolute Gasteiger partial charge is 0.493 e. The Hall–Kier alpha value is -2.64. The maximum absolute atomic E-state index is 12.8. The van der Waals surface area contributed by atoms with Crippen LogP contribution in [0.4, 0.5) is 4.79 Å². The van der Waals surface area contributed by atoms with Crippen LogP contribution in [0.2, 0.25) is 5.02 Å². The quantitative estimate of drug-likeness (QED) is 0.637. The molecule has 2 amide bonds. The molecule has 6 nitrogen and oxygen atoms in total. The fourth-order valence-corrected chi connectivity index (χ4v) is 3.88. The van der Waals surface area contributed by atoms with Gasteiger partial charge in [-0.1, -0.05) is 23.7 Å². The zero-order valence-electron chi connectivity index (χ0n) is 15.5. The Bertz CT molecular complexity index is 960. The lowest BCUT2D eigenvalue weighted by atomic mass is 10.1. The fraction of sp³-hybridized carbons (Fsp3) is 0.200. The highest BCUT2D eigenvalue weighted by atomic mass is 35.5. The van der Waals surface area contributed by atoms with E-state index >= 15 is 0 Å². The first-order valence-electron chi connectivity index (χ1n) is 8.27. The van der Waals surface area contributed by atoms with E-state index in [9.17, 15) is 9.59 Å². The first-order valence-corrected chi connectivity index (χ1v) is 9.46. The van der Waals surface area contributed by atoms with E-state index in [1.165, 1.54) is 26.2 Å². The van der Waals surface area contributed by atoms with Crippen LogP contribution in [-0.2, 0) is 11.3 Å². The van der Waals surface area contributed by atoms with Crippen LogP contribution in [0.1, 0.15) is 11.1 Å². The van der Waals surface area contributed by atoms with Gasteiger partial charge in [0.1, 0.15) is 0 Å². The summed E-state index contributed by atoms with van der Waals surface area (Å²) in [5.41, 5.74) is 1.38. The summed E-state index contributed by atoms with van der Waals surface area (Å²) in [5, 5.41) is 0.214. The Morgan fingerprint density at radius 1 is 1.04 bits per heavy atom. The predicted molar refractivity (Wildman–Crippen MR) is 109 cm³/mol. The highest BCUT2D eigenvalue weighted by molar-refractivity contribution is 8.18. The zero-order chi connectivity index (χ0) is 20.3. The van der Waals surface area contributed by atoms with E-state index in [2.05, 4.69) is 0 Å². The third-order valence-corrected chi connectivity index (χ3v) is 5.27. The van der Waals surface area contributed by atoms with Crippen molar-refractivity contribution in [3.05, 3.63) is 57.5 Å². The molecule has 2 aromatic rings. The molecule has 0 bridgehead atoms. The summed E-state index contributed by atoms with van der Waals surface area (Å²) in [4.78, 5) is 26.6. The molecule has 146 valence electrons. The summed E-state index contributed by atoms with van der Waals surface area (Å²) in [7, 11) is 4.53. The molecule has 0 saturated carbocycles. The molecule has 1 heterocycles. The third kappa shape index (κ3) is 3.95. The van der Waals surface area contributed by atoms with Crippen molar-refractivity contribution in [3.8, 4) is 17.2 Å². The molecule has 1 aliphatic rings. The van der Waals surface area contributed by atoms with Crippen LogP contribution in [0.25, 0.3) is 6.08 Å². The molecule has 0 spiro atoms. The Morgan fingerprint density at radius 3 is 2.43 bits per heavy atom. The Labute approximate surface area is 172 Å². The van der Waals surface area contributed by atoms with Crippen molar-refractivity contribution in [3.63, 3.8) is 0 Å². The highest BCUT2D eigenvalue weighted by Gasteiger charge is 2.35. The Balaban J connectivity index is 1.91. The molecule has 0 unspecified atom stereocenters. The highest BCUT2D eigenvalue weighted by Crippen LogP contribution is 2.42. The average molecular weight is 420 g/mol. The molecule has 0 atom stereocenters. The Morgan fingerprint density at radius 2 is 1.79 bits per heavy atom. The average Bonchev–Trinajstić information content (AvgIpc) is 2.95. The van der Waals surface area contributed by atoms with Gasteiger partial charge in [0.05, 0.1) is 32.8 Å². The molecular weight excluding hydrogens is 402 g/mol. The van der Waals surface area contributed by atoms with Gasteiger partial charge in [0.15, 0.2) is 11.5 Å². The number of carbonyl (C=O) groups is 2. The van der Waals surface area contributed by atoms with Crippen molar-refractivity contribution >= 4 is 40.6 Å². The van der Waals surface area contributed by atoms with Crippen molar-refractivity contribution < 1.29 is 23.8 Å². The minimum absolute atomic E-state index is 0.158. The van der Waals surface area contributed by atoms with Gasteiger partial charge in [0, 0.05) is 10.6 Å². The molecule has 0 radical (unpaired) electrons. The first-order chi connectivity index (χ1) is 13.5. The number of rotatable bonds is 6. The number of nitrogens with zero attached hydrogens (tertiary/aromatic N) is 1. The molecule has 0 N–H and O–H groups in total. The van der Waals surface area contributed by atoms with Gasteiger partial charge in [0.25, 0.3) is 11.1 Å². The second kappa shape index (κ2) is 8.58. The van der Waals surface area contributed by atoms with E-state index in [0.717, 1.165) is 17.3 Å². The summed E-state index contributed by atoms with van der Waals surface area (Å²) in [5.74, 6) is 0.970. The van der Waals surface area contributed by atoms with E-state index in [4.69, 9.17) is 25.8 Å². The van der Waals surface area contributed by atoms with Gasteiger partial charge in [-0.15, -0.1) is 0 Å². The maximum Gasteiger partial charge on any atom is 0.293 e. The van der Waals surface area contributed by atoms with Crippen molar-refractivity contribution in [2.45, 2.75) is 6.54 Å². The summed E-state index contributed by atoms with van der Waals surface area (Å²) in [6.07, 6.45) is 1.61. The van der Waals surface area contributed by atoms with Crippen molar-refractivity contribution in [2.75, 3.05) is 21.3 Å². The number of imide groups is 1. The zero-order valence-corrected chi connectivity index (χ0v) is 17.1.